The van der Waals surface area contributed by atoms with Gasteiger partial charge in [-0.15, -0.1) is 0 Å². The molecule has 1 amide bonds. The molecule has 1 fully saturated rings. The summed E-state index contributed by atoms with van der Waals surface area (Å²) in [7, 11) is 0. The normalized spacial score (nSPS) is 23.3. The molecule has 1 saturated heterocycles. The zero-order valence-corrected chi connectivity index (χ0v) is 9.57. The molecule has 2 rings (SSSR count). The number of carbonyl (C=O) groups excluding carboxylic acids is 1. The van der Waals surface area contributed by atoms with Gasteiger partial charge in [-0.2, -0.15) is 0 Å². The maximum absolute atomic E-state index is 12.1. The van der Waals surface area contributed by atoms with E-state index in [1.165, 1.54) is 6.07 Å². The Labute approximate surface area is 103 Å². The van der Waals surface area contributed by atoms with Crippen LogP contribution in [-0.4, -0.2) is 45.7 Å². The first kappa shape index (κ1) is 12.6. The van der Waals surface area contributed by atoms with Gasteiger partial charge in [-0.25, -0.2) is 4.79 Å². The molecule has 0 aliphatic carbocycles. The number of rotatable bonds is 3. The van der Waals surface area contributed by atoms with Crippen LogP contribution in [0.5, 0.6) is 0 Å². The summed E-state index contributed by atoms with van der Waals surface area (Å²) in [4.78, 5) is 24.2. The smallest absolute Gasteiger partial charge is 0.326 e. The van der Waals surface area contributed by atoms with Crippen molar-refractivity contribution >= 4 is 11.9 Å². The average molecular weight is 254 g/mol. The summed E-state index contributed by atoms with van der Waals surface area (Å²) < 4.78 is 5.18. The number of β-amino-alcohol motifs (C(OH)–C–C–N with tert-alkyl or cyclic N) is 1. The lowest BCUT2D eigenvalue weighted by molar-refractivity contribution is -0.141. The van der Waals surface area contributed by atoms with E-state index in [0.717, 1.165) is 4.90 Å². The minimum absolute atomic E-state index is 0.00550. The lowest BCUT2D eigenvalue weighted by Crippen LogP contribution is -2.40. The Balaban J connectivity index is 2.19. The molecular formula is C11H14N2O5. The monoisotopic (exact) mass is 254 g/mol. The Kier molecular flexibility index (Phi) is 3.35. The largest absolute Gasteiger partial charge is 0.480 e. The fourth-order valence-corrected chi connectivity index (χ4v) is 2.02. The van der Waals surface area contributed by atoms with Crippen LogP contribution in [0, 0.1) is 0 Å². The summed E-state index contributed by atoms with van der Waals surface area (Å²) in [5.41, 5.74) is 5.36. The number of amides is 1. The Bertz CT molecular complexity index is 470. The molecule has 98 valence electrons. The van der Waals surface area contributed by atoms with E-state index in [0.29, 0.717) is 5.76 Å². The van der Waals surface area contributed by atoms with Crippen LogP contribution in [0.2, 0.25) is 0 Å². The zero-order valence-electron chi connectivity index (χ0n) is 9.57. The summed E-state index contributed by atoms with van der Waals surface area (Å²) in [5.74, 6) is -1.19. The number of nitrogens with two attached hydrogens (primary N) is 1. The van der Waals surface area contributed by atoms with Gasteiger partial charge in [-0.3, -0.25) is 4.79 Å². The fourth-order valence-electron chi connectivity index (χ4n) is 2.02. The Hall–Kier alpha value is -1.86. The molecule has 7 nitrogen and oxygen atoms in total. The number of hydrogen-bond acceptors (Lipinski definition) is 5. The third kappa shape index (κ3) is 2.22. The third-order valence-electron chi connectivity index (χ3n) is 2.90. The van der Waals surface area contributed by atoms with Crippen LogP contribution >= 0.6 is 0 Å². The minimum Gasteiger partial charge on any atom is -0.480 e. The van der Waals surface area contributed by atoms with Gasteiger partial charge < -0.3 is 25.3 Å². The van der Waals surface area contributed by atoms with Crippen molar-refractivity contribution in [3.63, 3.8) is 0 Å². The van der Waals surface area contributed by atoms with E-state index in [-0.39, 0.29) is 25.3 Å². The fraction of sp³-hybridized carbons (Fsp3) is 0.455. The van der Waals surface area contributed by atoms with E-state index in [1.807, 2.05) is 0 Å². The van der Waals surface area contributed by atoms with Gasteiger partial charge in [-0.1, -0.05) is 0 Å². The third-order valence-corrected chi connectivity index (χ3v) is 2.90. The number of furan rings is 1. The number of aliphatic hydroxyl groups is 1. The molecule has 1 aromatic heterocycles. The molecule has 2 atom stereocenters. The van der Waals surface area contributed by atoms with Crippen LogP contribution in [-0.2, 0) is 11.3 Å². The van der Waals surface area contributed by atoms with Crippen molar-refractivity contribution in [2.24, 2.45) is 5.73 Å². The van der Waals surface area contributed by atoms with Gasteiger partial charge in [0, 0.05) is 13.0 Å². The van der Waals surface area contributed by atoms with Crippen molar-refractivity contribution in [1.82, 2.24) is 4.90 Å². The van der Waals surface area contributed by atoms with Crippen LogP contribution in [0.25, 0.3) is 0 Å². The Morgan fingerprint density at radius 2 is 2.22 bits per heavy atom. The van der Waals surface area contributed by atoms with Crippen molar-refractivity contribution in [2.75, 3.05) is 6.54 Å². The van der Waals surface area contributed by atoms with Crippen LogP contribution in [0.15, 0.2) is 16.5 Å². The Morgan fingerprint density at radius 3 is 2.78 bits per heavy atom. The second-order valence-electron chi connectivity index (χ2n) is 4.17. The van der Waals surface area contributed by atoms with Crippen molar-refractivity contribution in [3.05, 3.63) is 23.7 Å². The van der Waals surface area contributed by atoms with Gasteiger partial charge in [0.25, 0.3) is 5.91 Å². The van der Waals surface area contributed by atoms with Gasteiger partial charge in [0.05, 0.1) is 12.6 Å². The molecule has 0 saturated carbocycles. The molecule has 4 N–H and O–H groups in total. The van der Waals surface area contributed by atoms with Gasteiger partial charge in [-0.05, 0) is 12.1 Å². The molecule has 0 bridgehead atoms. The van der Waals surface area contributed by atoms with Crippen LogP contribution in [0.3, 0.4) is 0 Å². The van der Waals surface area contributed by atoms with Gasteiger partial charge >= 0.3 is 5.97 Å². The lowest BCUT2D eigenvalue weighted by atomic mass is 10.2. The lowest BCUT2D eigenvalue weighted by Gasteiger charge is -2.19. The first-order chi connectivity index (χ1) is 8.52. The zero-order chi connectivity index (χ0) is 13.3. The van der Waals surface area contributed by atoms with Crippen molar-refractivity contribution in [2.45, 2.75) is 25.1 Å². The highest BCUT2D eigenvalue weighted by atomic mass is 16.4. The summed E-state index contributed by atoms with van der Waals surface area (Å²) in [6.07, 6.45) is -0.787. The quantitative estimate of drug-likeness (QED) is 0.663. The molecular weight excluding hydrogens is 240 g/mol. The number of carboxylic acids is 1. The van der Waals surface area contributed by atoms with E-state index in [9.17, 15) is 14.7 Å². The summed E-state index contributed by atoms with van der Waals surface area (Å²) >= 11 is 0. The number of aliphatic carboxylic acids is 1. The van der Waals surface area contributed by atoms with E-state index in [4.69, 9.17) is 15.3 Å². The first-order valence-corrected chi connectivity index (χ1v) is 5.53. The van der Waals surface area contributed by atoms with Gasteiger partial charge in [0.1, 0.15) is 11.8 Å². The van der Waals surface area contributed by atoms with Gasteiger partial charge in [0.2, 0.25) is 0 Å². The highest BCUT2D eigenvalue weighted by molar-refractivity contribution is 5.94. The number of likely N-dealkylation sites (tertiary alicyclic amines) is 1. The second-order valence-corrected chi connectivity index (χ2v) is 4.17. The Morgan fingerprint density at radius 1 is 1.50 bits per heavy atom. The molecule has 1 aliphatic rings. The van der Waals surface area contributed by atoms with Crippen molar-refractivity contribution in [3.8, 4) is 0 Å². The maximum atomic E-state index is 12.1. The number of aliphatic hydroxyl groups excluding tert-OH is 1. The first-order valence-electron chi connectivity index (χ1n) is 5.53. The van der Waals surface area contributed by atoms with Crippen LogP contribution < -0.4 is 5.73 Å². The second kappa shape index (κ2) is 4.79. The molecule has 1 aromatic rings. The molecule has 1 unspecified atom stereocenters. The molecule has 18 heavy (non-hydrogen) atoms. The average Bonchev–Trinajstić information content (AvgIpc) is 2.94. The summed E-state index contributed by atoms with van der Waals surface area (Å²) in [6, 6.07) is 2.00. The maximum Gasteiger partial charge on any atom is 0.326 e. The SMILES string of the molecule is NCc1ccc(C(=O)N2CC(O)C[C@H]2C(=O)O)o1. The van der Waals surface area contributed by atoms with Crippen molar-refractivity contribution < 1.29 is 24.2 Å². The molecule has 0 radical (unpaired) electrons. The van der Waals surface area contributed by atoms with E-state index < -0.39 is 24.0 Å². The number of carboxylic acid groups (broad SMARTS) is 1. The standard InChI is InChI=1S/C11H14N2O5/c12-4-7-1-2-9(18-7)10(15)13-5-6(14)3-8(13)11(16)17/h1-2,6,8,14H,3-5,12H2,(H,16,17)/t6?,8-/m0/s1. The predicted octanol–water partition coefficient (Wildman–Crippen LogP) is -0.602. The minimum atomic E-state index is -1.13. The molecule has 1 aliphatic heterocycles. The van der Waals surface area contributed by atoms with Crippen molar-refractivity contribution in [1.29, 1.82) is 0 Å². The summed E-state index contributed by atoms with van der Waals surface area (Å²) in [6.45, 7) is 0.159. The molecule has 0 spiro atoms. The summed E-state index contributed by atoms with van der Waals surface area (Å²) in [5, 5.41) is 18.5. The predicted molar refractivity (Wildman–Crippen MR) is 59.7 cm³/mol. The number of hydrogen-bond donors (Lipinski definition) is 3. The highest BCUT2D eigenvalue weighted by Gasteiger charge is 2.40. The van der Waals surface area contributed by atoms with Gasteiger partial charge in [0.15, 0.2) is 5.76 Å². The highest BCUT2D eigenvalue weighted by Crippen LogP contribution is 2.21. The van der Waals surface area contributed by atoms with E-state index in [1.54, 1.807) is 6.07 Å². The molecule has 0 aromatic carbocycles. The molecule has 7 heteroatoms. The van der Waals surface area contributed by atoms with Crippen LogP contribution in [0.1, 0.15) is 22.7 Å². The number of nitrogens with zero attached hydrogens (tertiary/aromatic N) is 1. The van der Waals surface area contributed by atoms with Crippen LogP contribution in [0.4, 0.5) is 0 Å². The van der Waals surface area contributed by atoms with E-state index in [2.05, 4.69) is 0 Å². The topological polar surface area (TPSA) is 117 Å². The molecule has 2 heterocycles. The number of carbonyl (C=O) groups is 2. The van der Waals surface area contributed by atoms with E-state index >= 15 is 0 Å².